The van der Waals surface area contributed by atoms with Gasteiger partial charge >= 0.3 is 0 Å². The highest BCUT2D eigenvalue weighted by Crippen LogP contribution is 2.35. The second kappa shape index (κ2) is 7.91. The van der Waals surface area contributed by atoms with Gasteiger partial charge in [0.15, 0.2) is 11.5 Å². The number of nitrogens with zero attached hydrogens (tertiary/aromatic N) is 2. The van der Waals surface area contributed by atoms with Gasteiger partial charge in [0.05, 0.1) is 7.11 Å². The number of hydrogen-bond acceptors (Lipinski definition) is 6. The number of methoxy groups -OCH3 is 1. The number of nitrogens with two attached hydrogens (primary N) is 1. The van der Waals surface area contributed by atoms with Crippen LogP contribution in [-0.4, -0.2) is 18.7 Å². The van der Waals surface area contributed by atoms with E-state index in [-0.39, 0.29) is 22.5 Å². The second-order valence-electron chi connectivity index (χ2n) is 5.67. The molecule has 0 bridgehead atoms. The number of rotatable bonds is 5. The van der Waals surface area contributed by atoms with Crippen molar-refractivity contribution in [3.8, 4) is 34.8 Å². The summed E-state index contributed by atoms with van der Waals surface area (Å²) in [5.41, 5.74) is 6.69. The van der Waals surface area contributed by atoms with Gasteiger partial charge in [0, 0.05) is 5.56 Å². The van der Waals surface area contributed by atoms with Gasteiger partial charge in [0.2, 0.25) is 0 Å². The van der Waals surface area contributed by atoms with Gasteiger partial charge in [-0.1, -0.05) is 11.6 Å². The number of allylic oxidation sites excluding steroid dienone is 1. The third-order valence-electron chi connectivity index (χ3n) is 3.65. The van der Waals surface area contributed by atoms with E-state index in [9.17, 15) is 15.3 Å². The Bertz CT molecular complexity index is 1000. The lowest BCUT2D eigenvalue weighted by molar-refractivity contribution is 0.326. The van der Waals surface area contributed by atoms with Crippen LogP contribution in [0.1, 0.15) is 25.0 Å². The number of nitriles is 2. The number of pyridine rings is 1. The Labute approximate surface area is 150 Å². The summed E-state index contributed by atoms with van der Waals surface area (Å²) in [5, 5.41) is 18.7. The fourth-order valence-electron chi connectivity index (χ4n) is 2.37. The molecule has 0 amide bonds. The Kier molecular flexibility index (Phi) is 5.67. The third-order valence-corrected chi connectivity index (χ3v) is 3.65. The molecular formula is C19H18N4O3. The highest BCUT2D eigenvalue weighted by atomic mass is 16.5. The van der Waals surface area contributed by atoms with Gasteiger partial charge in [-0.3, -0.25) is 4.79 Å². The van der Waals surface area contributed by atoms with Crippen LogP contribution in [-0.2, 0) is 0 Å². The first-order chi connectivity index (χ1) is 12.4. The minimum Gasteiger partial charge on any atom is -0.493 e. The number of benzene rings is 1. The lowest BCUT2D eigenvalue weighted by atomic mass is 9.96. The van der Waals surface area contributed by atoms with E-state index >= 15 is 0 Å². The highest BCUT2D eigenvalue weighted by molar-refractivity contribution is 5.81. The lowest BCUT2D eigenvalue weighted by Crippen LogP contribution is -2.16. The molecule has 26 heavy (non-hydrogen) atoms. The molecule has 132 valence electrons. The maximum atomic E-state index is 12.0. The van der Waals surface area contributed by atoms with E-state index in [2.05, 4.69) is 4.98 Å². The third kappa shape index (κ3) is 3.68. The maximum Gasteiger partial charge on any atom is 0.268 e. The molecule has 2 rings (SSSR count). The van der Waals surface area contributed by atoms with Gasteiger partial charge in [-0.25, -0.2) is 0 Å². The van der Waals surface area contributed by atoms with Crippen LogP contribution < -0.4 is 20.8 Å². The van der Waals surface area contributed by atoms with Gasteiger partial charge in [-0.05, 0) is 37.6 Å². The number of ether oxygens (including phenoxy) is 2. The van der Waals surface area contributed by atoms with Crippen LogP contribution in [0.4, 0.5) is 5.82 Å². The number of aromatic nitrogens is 1. The summed E-state index contributed by atoms with van der Waals surface area (Å²) in [4.78, 5) is 14.3. The smallest absolute Gasteiger partial charge is 0.268 e. The Hall–Kier alpha value is -3.71. The SMILES string of the molecule is COc1cc(-c2c(C#N)c(N)[nH]c(=O)c2C#N)ccc1OCC=C(C)C. The van der Waals surface area contributed by atoms with Crippen LogP contribution in [0.2, 0.25) is 0 Å². The molecule has 0 unspecified atom stereocenters. The second-order valence-corrected chi connectivity index (χ2v) is 5.67. The molecule has 0 spiro atoms. The first kappa shape index (κ1) is 18.6. The first-order valence-corrected chi connectivity index (χ1v) is 7.73. The zero-order valence-electron chi connectivity index (χ0n) is 14.7. The minimum absolute atomic E-state index is 0.0291. The minimum atomic E-state index is -0.651. The molecule has 1 heterocycles. The average Bonchev–Trinajstić information content (AvgIpc) is 2.61. The van der Waals surface area contributed by atoms with Crippen molar-refractivity contribution in [2.45, 2.75) is 13.8 Å². The van der Waals surface area contributed by atoms with E-state index in [1.807, 2.05) is 32.1 Å². The molecule has 0 fully saturated rings. The molecule has 0 aliphatic rings. The predicted molar refractivity (Wildman–Crippen MR) is 97.8 cm³/mol. The fraction of sp³-hybridized carbons (Fsp3) is 0.211. The molecule has 0 aliphatic heterocycles. The number of aromatic amines is 1. The van der Waals surface area contributed by atoms with Crippen LogP contribution in [0, 0.1) is 22.7 Å². The van der Waals surface area contributed by atoms with Crippen molar-refractivity contribution in [1.82, 2.24) is 4.98 Å². The number of nitrogens with one attached hydrogen (secondary N) is 1. The molecule has 7 nitrogen and oxygen atoms in total. The van der Waals surface area contributed by atoms with Crippen LogP contribution in [0.25, 0.3) is 11.1 Å². The Balaban J connectivity index is 2.61. The summed E-state index contributed by atoms with van der Waals surface area (Å²) in [6, 6.07) is 8.68. The quantitative estimate of drug-likeness (QED) is 0.799. The topological polar surface area (TPSA) is 125 Å². The predicted octanol–water partition coefficient (Wildman–Crippen LogP) is 2.72. The summed E-state index contributed by atoms with van der Waals surface area (Å²) in [6.45, 7) is 4.31. The summed E-state index contributed by atoms with van der Waals surface area (Å²) in [7, 11) is 1.48. The Morgan fingerprint density at radius 2 is 1.92 bits per heavy atom. The molecule has 0 saturated carbocycles. The number of nitrogen functional groups attached to an aromatic ring is 1. The van der Waals surface area contributed by atoms with Gasteiger partial charge < -0.3 is 20.2 Å². The van der Waals surface area contributed by atoms with Gasteiger partial charge in [-0.2, -0.15) is 10.5 Å². The number of H-pyrrole nitrogens is 1. The molecule has 1 aromatic heterocycles. The van der Waals surface area contributed by atoms with E-state index in [0.29, 0.717) is 23.7 Å². The molecular weight excluding hydrogens is 332 g/mol. The lowest BCUT2D eigenvalue weighted by Gasteiger charge is -2.13. The Morgan fingerprint density at radius 3 is 2.50 bits per heavy atom. The van der Waals surface area contributed by atoms with Crippen molar-refractivity contribution in [2.75, 3.05) is 19.5 Å². The van der Waals surface area contributed by atoms with Gasteiger partial charge in [-0.15, -0.1) is 0 Å². The monoisotopic (exact) mass is 350 g/mol. The van der Waals surface area contributed by atoms with E-state index < -0.39 is 5.56 Å². The number of anilines is 1. The van der Waals surface area contributed by atoms with E-state index in [1.54, 1.807) is 18.2 Å². The van der Waals surface area contributed by atoms with Crippen molar-refractivity contribution in [1.29, 1.82) is 10.5 Å². The van der Waals surface area contributed by atoms with E-state index in [0.717, 1.165) is 5.57 Å². The normalized spacial score (nSPS) is 9.73. The van der Waals surface area contributed by atoms with Crippen molar-refractivity contribution < 1.29 is 9.47 Å². The highest BCUT2D eigenvalue weighted by Gasteiger charge is 2.19. The van der Waals surface area contributed by atoms with Gasteiger partial charge in [0.1, 0.15) is 35.7 Å². The summed E-state index contributed by atoms with van der Waals surface area (Å²) in [6.07, 6.45) is 1.92. The van der Waals surface area contributed by atoms with Crippen molar-refractivity contribution in [3.05, 3.63) is 51.3 Å². The molecule has 0 radical (unpaired) electrons. The number of hydrogen-bond donors (Lipinski definition) is 2. The maximum absolute atomic E-state index is 12.0. The zero-order valence-corrected chi connectivity index (χ0v) is 14.7. The summed E-state index contributed by atoms with van der Waals surface area (Å²) in [5.74, 6) is 0.828. The van der Waals surface area contributed by atoms with E-state index in [1.165, 1.54) is 7.11 Å². The van der Waals surface area contributed by atoms with Crippen LogP contribution in [0.5, 0.6) is 11.5 Å². The van der Waals surface area contributed by atoms with Crippen molar-refractivity contribution in [3.63, 3.8) is 0 Å². The largest absolute Gasteiger partial charge is 0.493 e. The average molecular weight is 350 g/mol. The summed E-state index contributed by atoms with van der Waals surface area (Å²) < 4.78 is 11.0. The van der Waals surface area contributed by atoms with Crippen molar-refractivity contribution in [2.24, 2.45) is 0 Å². The van der Waals surface area contributed by atoms with Crippen LogP contribution in [0.3, 0.4) is 0 Å². The zero-order chi connectivity index (χ0) is 19.3. The summed E-state index contributed by atoms with van der Waals surface area (Å²) >= 11 is 0. The van der Waals surface area contributed by atoms with Gasteiger partial charge in [0.25, 0.3) is 5.56 Å². The Morgan fingerprint density at radius 1 is 1.23 bits per heavy atom. The van der Waals surface area contributed by atoms with E-state index in [4.69, 9.17) is 15.2 Å². The fourth-order valence-corrected chi connectivity index (χ4v) is 2.37. The van der Waals surface area contributed by atoms with Crippen molar-refractivity contribution >= 4 is 5.82 Å². The molecule has 3 N–H and O–H groups in total. The molecule has 0 saturated heterocycles. The molecule has 1 aromatic carbocycles. The molecule has 7 heteroatoms. The molecule has 2 aromatic rings. The molecule has 0 atom stereocenters. The van der Waals surface area contributed by atoms with Crippen LogP contribution in [0.15, 0.2) is 34.6 Å². The standard InChI is InChI=1S/C19H18N4O3/c1-11(2)6-7-26-15-5-4-12(8-16(15)25-3)17-13(9-20)18(22)23-19(24)14(17)10-21/h4-6,8H,7H2,1-3H3,(H3,22,23,24). The first-order valence-electron chi connectivity index (χ1n) is 7.73. The molecule has 0 aliphatic carbocycles. The van der Waals surface area contributed by atoms with Crippen LogP contribution >= 0.6 is 0 Å².